The van der Waals surface area contributed by atoms with Gasteiger partial charge in [-0.05, 0) is 89.3 Å². The van der Waals surface area contributed by atoms with Crippen LogP contribution in [0.1, 0.15) is 86.0 Å². The first kappa shape index (κ1) is 41.0. The number of nitrogens with zero attached hydrogens (tertiary/aromatic N) is 3. The van der Waals surface area contributed by atoms with E-state index in [-0.39, 0.29) is 31.2 Å². The Labute approximate surface area is 329 Å². The summed E-state index contributed by atoms with van der Waals surface area (Å²) >= 11 is 0. The van der Waals surface area contributed by atoms with Gasteiger partial charge in [-0.15, -0.1) is 0 Å². The van der Waals surface area contributed by atoms with E-state index in [1.165, 1.54) is 4.90 Å². The van der Waals surface area contributed by atoms with Gasteiger partial charge in [0.25, 0.3) is 5.91 Å². The lowest BCUT2D eigenvalue weighted by Crippen LogP contribution is -2.59. The Hall–Kier alpha value is -4.60. The fourth-order valence-electron chi connectivity index (χ4n) is 8.32. The van der Waals surface area contributed by atoms with Crippen LogP contribution in [0.15, 0.2) is 36.5 Å². The van der Waals surface area contributed by atoms with Crippen molar-refractivity contribution in [1.82, 2.24) is 25.2 Å². The lowest BCUT2D eigenvalue weighted by atomic mass is 9.85. The second-order valence-electron chi connectivity index (χ2n) is 16.1. The van der Waals surface area contributed by atoms with Gasteiger partial charge in [-0.3, -0.25) is 19.1 Å². The van der Waals surface area contributed by atoms with Crippen molar-refractivity contribution >= 4 is 50.3 Å². The van der Waals surface area contributed by atoms with Crippen LogP contribution in [-0.4, -0.2) is 102 Å². The maximum Gasteiger partial charge on any atom is 0.405 e. The number of carbonyl (C=O) groups excluding carboxylic acids is 3. The van der Waals surface area contributed by atoms with Crippen molar-refractivity contribution in [3.8, 4) is 11.6 Å². The molecule has 306 valence electrons. The van der Waals surface area contributed by atoms with Gasteiger partial charge in [0, 0.05) is 36.2 Å². The van der Waals surface area contributed by atoms with Gasteiger partial charge in [0.05, 0.1) is 30.3 Å². The highest BCUT2D eigenvalue weighted by Crippen LogP contribution is 2.48. The predicted octanol–water partition coefficient (Wildman–Crippen LogP) is 4.35. The minimum Gasteiger partial charge on any atom is -0.497 e. The van der Waals surface area contributed by atoms with Gasteiger partial charge >= 0.3 is 6.09 Å². The quantitative estimate of drug-likeness (QED) is 0.236. The van der Waals surface area contributed by atoms with Gasteiger partial charge in [0.1, 0.15) is 29.5 Å². The summed E-state index contributed by atoms with van der Waals surface area (Å²) in [4.78, 5) is 63.5. The lowest BCUT2D eigenvalue weighted by molar-refractivity contribution is -0.142. The van der Waals surface area contributed by atoms with Crippen LogP contribution in [0.2, 0.25) is 0 Å². The van der Waals surface area contributed by atoms with Crippen molar-refractivity contribution in [2.45, 2.75) is 114 Å². The number of fused-ring (bicyclic) bond motifs is 3. The fraction of sp³-hybridized carbons (Fsp3) is 0.625. The zero-order valence-corrected chi connectivity index (χ0v) is 34.0. The van der Waals surface area contributed by atoms with Gasteiger partial charge in [-0.2, -0.15) is 0 Å². The van der Waals surface area contributed by atoms with Gasteiger partial charge in [-0.1, -0.05) is 32.4 Å². The Morgan fingerprint density at radius 3 is 2.50 bits per heavy atom. The fourth-order valence-corrected chi connectivity index (χ4v) is 9.64. The van der Waals surface area contributed by atoms with Crippen molar-refractivity contribution in [2.75, 3.05) is 31.6 Å². The van der Waals surface area contributed by atoms with Gasteiger partial charge < -0.3 is 35.0 Å². The van der Waals surface area contributed by atoms with E-state index >= 15 is 0 Å². The molecule has 0 bridgehead atoms. The maximum atomic E-state index is 14.7. The predicted molar refractivity (Wildman–Crippen MR) is 211 cm³/mol. The van der Waals surface area contributed by atoms with Crippen LogP contribution >= 0.6 is 0 Å². The minimum atomic E-state index is -4.01. The molecule has 1 aromatic carbocycles. The third-order valence-electron chi connectivity index (χ3n) is 12.3. The Morgan fingerprint density at radius 2 is 1.86 bits per heavy atom. The number of carbonyl (C=O) groups is 4. The van der Waals surface area contributed by atoms with E-state index in [0.717, 1.165) is 30.6 Å². The number of hydrogen-bond donors (Lipinski definition) is 4. The third kappa shape index (κ3) is 8.12. The van der Waals surface area contributed by atoms with Crippen molar-refractivity contribution < 1.29 is 42.2 Å². The number of ether oxygens (including phenoxy) is 2. The van der Waals surface area contributed by atoms with Crippen molar-refractivity contribution in [2.24, 2.45) is 17.8 Å². The monoisotopic (exact) mass is 796 g/mol. The number of hydrogen-bond acceptors (Lipinski definition) is 10. The first-order chi connectivity index (χ1) is 26.6. The molecule has 4 amide bonds. The molecule has 1 saturated heterocycles. The zero-order chi connectivity index (χ0) is 40.6. The number of rotatable bonds is 11. The largest absolute Gasteiger partial charge is 0.497 e. The summed E-state index contributed by atoms with van der Waals surface area (Å²) in [6.45, 7) is 11.1. The Balaban J connectivity index is 1.37. The molecule has 3 heterocycles. The molecule has 3 fully saturated rings. The molecule has 7 atom stereocenters. The average Bonchev–Trinajstić information content (AvgIpc) is 4.05. The van der Waals surface area contributed by atoms with E-state index in [1.807, 2.05) is 31.2 Å². The number of anilines is 1. The molecule has 2 aliphatic carbocycles. The van der Waals surface area contributed by atoms with Crippen LogP contribution in [0.3, 0.4) is 0 Å². The molecule has 4 N–H and O–H groups in total. The molecule has 2 saturated carbocycles. The molecule has 0 radical (unpaired) electrons. The number of amides is 4. The molecular formula is C40H56N6O9S. The van der Waals surface area contributed by atoms with E-state index in [9.17, 15) is 32.7 Å². The Bertz CT molecular complexity index is 1980. The molecule has 2 aromatic rings. The maximum absolute atomic E-state index is 14.7. The zero-order valence-electron chi connectivity index (χ0n) is 33.2. The number of carboxylic acid groups (broad SMARTS) is 1. The van der Waals surface area contributed by atoms with Crippen LogP contribution in [-0.2, 0) is 24.4 Å². The molecule has 56 heavy (non-hydrogen) atoms. The van der Waals surface area contributed by atoms with E-state index < -0.39 is 68.2 Å². The SMILES string of the molecule is CC[C@@H]1C[C@H](C)CCC=C[C@@H]2C[C@@]2(C(=O)NS(=O)(=O)C2(C)CC2)NC(=O)[C@@H]2C[C@@H](Oc3ncc(N(CC)CC)c4cc(OC)ccc34)CN2C(=O)[C@H]1NC(=O)O. The van der Waals surface area contributed by atoms with E-state index in [1.54, 1.807) is 26.3 Å². The molecule has 0 spiro atoms. The summed E-state index contributed by atoms with van der Waals surface area (Å²) in [5.41, 5.74) is -0.658. The lowest BCUT2D eigenvalue weighted by Gasteiger charge is -2.33. The number of aromatic nitrogens is 1. The third-order valence-corrected chi connectivity index (χ3v) is 14.5. The summed E-state index contributed by atoms with van der Waals surface area (Å²) < 4.78 is 39.7. The highest BCUT2D eigenvalue weighted by molar-refractivity contribution is 7.91. The molecule has 1 aromatic heterocycles. The second kappa shape index (κ2) is 16.1. The van der Waals surface area contributed by atoms with Gasteiger partial charge in [-0.25, -0.2) is 18.2 Å². The molecule has 2 aliphatic heterocycles. The number of nitrogens with one attached hydrogen (secondary N) is 3. The summed E-state index contributed by atoms with van der Waals surface area (Å²) in [7, 11) is -2.42. The first-order valence-corrected chi connectivity index (χ1v) is 21.3. The normalized spacial score (nSPS) is 28.9. The summed E-state index contributed by atoms with van der Waals surface area (Å²) in [5, 5.41) is 16.8. The van der Waals surface area contributed by atoms with Crippen molar-refractivity contribution in [3.05, 3.63) is 36.5 Å². The number of sulfonamides is 1. The highest BCUT2D eigenvalue weighted by atomic mass is 32.2. The van der Waals surface area contributed by atoms with Crippen LogP contribution < -0.4 is 29.7 Å². The summed E-state index contributed by atoms with van der Waals surface area (Å²) in [5.74, 6) is -1.80. The standard InChI is InChI=1S/C40H56N6O9S/c1-7-25-18-24(4)12-10-11-13-26-21-40(26,37(49)44-56(52,53)39(5)16-17-39)43-34(47)31-20-28(23-46(31)36(48)33(25)42-38(50)51)55-35-29-15-14-27(54-6)19-30(29)32(22-41-35)45(8-2)9-3/h11,13-15,19,22,24-26,28,31,33,42H,7-10,12,16-18,20-21,23H2,1-6H3,(H,43,47)(H,44,49)(H,50,51)/t24-,25-,26-,28-,31+,33+,40-/m1/s1. The van der Waals surface area contributed by atoms with Gasteiger partial charge in [0.2, 0.25) is 27.7 Å². The number of allylic oxidation sites excluding steroid dienone is 1. The van der Waals surface area contributed by atoms with Crippen molar-refractivity contribution in [3.63, 3.8) is 0 Å². The highest BCUT2D eigenvalue weighted by Gasteiger charge is 2.63. The molecule has 4 aliphatic rings. The number of benzene rings is 1. The first-order valence-electron chi connectivity index (χ1n) is 19.8. The summed E-state index contributed by atoms with van der Waals surface area (Å²) in [6.07, 6.45) is 6.96. The van der Waals surface area contributed by atoms with Crippen LogP contribution in [0, 0.1) is 17.8 Å². The van der Waals surface area contributed by atoms with Gasteiger partial charge in [0.15, 0.2) is 0 Å². The van der Waals surface area contributed by atoms with Crippen LogP contribution in [0.4, 0.5) is 10.5 Å². The topological polar surface area (TPSA) is 197 Å². The van der Waals surface area contributed by atoms with E-state index in [4.69, 9.17) is 14.5 Å². The second-order valence-corrected chi connectivity index (χ2v) is 18.3. The molecular weight excluding hydrogens is 741 g/mol. The minimum absolute atomic E-state index is 0.0102. The van der Waals surface area contributed by atoms with E-state index in [2.05, 4.69) is 41.0 Å². The molecule has 15 nitrogen and oxygen atoms in total. The molecule has 6 rings (SSSR count). The number of pyridine rings is 1. The molecule has 0 unspecified atom stereocenters. The molecule has 16 heteroatoms. The van der Waals surface area contributed by atoms with Crippen LogP contribution in [0.25, 0.3) is 10.8 Å². The van der Waals surface area contributed by atoms with Crippen LogP contribution in [0.5, 0.6) is 11.6 Å². The smallest absolute Gasteiger partial charge is 0.405 e. The average molecular weight is 797 g/mol. The Morgan fingerprint density at radius 1 is 1.12 bits per heavy atom. The summed E-state index contributed by atoms with van der Waals surface area (Å²) in [6, 6.07) is 3.26. The number of methoxy groups -OCH3 is 1. The Kier molecular flexibility index (Phi) is 11.8. The van der Waals surface area contributed by atoms with Crippen molar-refractivity contribution in [1.29, 1.82) is 0 Å². The van der Waals surface area contributed by atoms with E-state index in [0.29, 0.717) is 49.1 Å².